The Morgan fingerprint density at radius 3 is 0.880 bits per heavy atom. The van der Waals surface area contributed by atoms with Crippen LogP contribution in [-0.2, 0) is 23.7 Å². The average molecular weight is 1320 g/mol. The number of rotatable bonds is 16. The number of hydrogen-bond acceptors (Lipinski definition) is 15. The van der Waals surface area contributed by atoms with Crippen molar-refractivity contribution in [2.45, 2.75) is 475 Å². The molecule has 0 aromatic rings. The van der Waals surface area contributed by atoms with Crippen molar-refractivity contribution in [1.29, 1.82) is 0 Å². The van der Waals surface area contributed by atoms with Gasteiger partial charge in [0, 0.05) is 55.4 Å². The zero-order valence-corrected chi connectivity index (χ0v) is 68.1. The van der Waals surface area contributed by atoms with Crippen LogP contribution in [0.15, 0.2) is 0 Å². The Hall–Kier alpha value is -0.600. The highest BCUT2D eigenvalue weighted by atomic mass is 16.5. The zero-order chi connectivity index (χ0) is 73.0. The summed E-state index contributed by atoms with van der Waals surface area (Å²) in [6.45, 7) is 83.4. The van der Waals surface area contributed by atoms with Crippen LogP contribution in [0, 0.1) is 22.7 Å². The molecule has 0 aromatic heterocycles. The lowest BCUT2D eigenvalue weighted by molar-refractivity contribution is -0.276. The Labute approximate surface area is 570 Å². The lowest BCUT2D eigenvalue weighted by atomic mass is 9.77. The topological polar surface area (TPSA) is 164 Å². The minimum atomic E-state index is -0.250. The molecular formula is C77H159N5O10. The predicted octanol–water partition coefficient (Wildman–Crippen LogP) is 20.2. The largest absolute Gasteiger partial charge is 0.375 e. The van der Waals surface area contributed by atoms with Crippen LogP contribution < -0.4 is 0 Å². The van der Waals surface area contributed by atoms with Gasteiger partial charge in [-0.05, 0) is 286 Å². The van der Waals surface area contributed by atoms with Gasteiger partial charge in [0.2, 0.25) is 0 Å². The highest BCUT2D eigenvalue weighted by molar-refractivity contribution is 5.03. The highest BCUT2D eigenvalue weighted by Crippen LogP contribution is 2.47. The first-order valence-corrected chi connectivity index (χ1v) is 36.5. The van der Waals surface area contributed by atoms with Gasteiger partial charge in [-0.15, -0.1) is 0 Å². The SMILES string of the molecule is CC(OC1CC(C)(C)N(O)C(C)(C)C1)C(C)(C)C.CC1(C)CC(OC(C)(C)C(C)(C)C)CC(C)(C)N1O.CCC(C)(C)OC1CC(C)(C)N(O)C(C)(CC)C1.CCC1(C)CC(OC(C)(C)C(C)C)CC(C)(C)N1O.CCC1(C)CC(OC(C)C(C)C)CC(C)(C)N1O. The maximum Gasteiger partial charge on any atom is 0.0678 e. The standard InChI is InChI=1S/2C16H33NO2.3C15H31NO2/c1-13(2,3)16(8,9)19-12-10-14(4,5)17(18)15(6,7)11-12;1-9-16(8)11-13(10-14(4,5)17(16)18)19-15(6,7)12(2)3;1-11(13(2,3)4)18-12-9-14(5,6)16(17)15(7,8)10-12;1-8-15(7)10-13(18-12(4)11(2)3)9-14(5,6)16(15)17;1-8-14(5,6)18-12-10-13(3,4)16(17)15(7,9-2)11-12/h12,18H,10-11H2,1-9H3;12-13,18H,9-11H2,1-8H3;11-12,17H,9-10H2,1-8H3;11-13,17H,8-10H2,1-7H3;12,17H,8-11H2,1-7H3. The van der Waals surface area contributed by atoms with Gasteiger partial charge in [-0.1, -0.05) is 96.9 Å². The van der Waals surface area contributed by atoms with E-state index >= 15 is 0 Å². The molecule has 0 spiro atoms. The minimum absolute atomic E-state index is 0.0764. The molecule has 15 heteroatoms. The number of hydrogen-bond donors (Lipinski definition) is 5. The molecule has 0 aromatic carbocycles. The molecule has 8 atom stereocenters. The summed E-state index contributed by atoms with van der Waals surface area (Å²) in [5.74, 6) is 1.02. The molecule has 5 aliphatic heterocycles. The minimum Gasteiger partial charge on any atom is -0.375 e. The lowest BCUT2D eigenvalue weighted by Gasteiger charge is -2.53. The van der Waals surface area contributed by atoms with Crippen LogP contribution in [0.5, 0.6) is 0 Å². The van der Waals surface area contributed by atoms with E-state index in [4.69, 9.17) is 23.7 Å². The zero-order valence-electron chi connectivity index (χ0n) is 68.1. The van der Waals surface area contributed by atoms with Crippen molar-refractivity contribution in [2.75, 3.05) is 0 Å². The normalized spacial score (nSPS) is 30.8. The van der Waals surface area contributed by atoms with Gasteiger partial charge in [0.15, 0.2) is 0 Å². The summed E-state index contributed by atoms with van der Waals surface area (Å²) in [4.78, 5) is 0. The molecule has 0 aliphatic carbocycles. The van der Waals surface area contributed by atoms with E-state index in [9.17, 15) is 26.0 Å². The van der Waals surface area contributed by atoms with E-state index in [0.717, 1.165) is 89.9 Å². The summed E-state index contributed by atoms with van der Waals surface area (Å²) < 4.78 is 31.5. The monoisotopic (exact) mass is 1310 g/mol. The van der Waals surface area contributed by atoms with Crippen LogP contribution in [0.25, 0.3) is 0 Å². The molecule has 92 heavy (non-hydrogen) atoms. The molecule has 0 amide bonds. The Balaban J connectivity index is 0.000000575. The Morgan fingerprint density at radius 1 is 0.359 bits per heavy atom. The van der Waals surface area contributed by atoms with Crippen LogP contribution in [0.1, 0.15) is 360 Å². The van der Waals surface area contributed by atoms with Crippen LogP contribution in [0.4, 0.5) is 0 Å². The molecule has 5 N–H and O–H groups in total. The van der Waals surface area contributed by atoms with Gasteiger partial charge in [0.05, 0.1) is 59.5 Å². The Kier molecular flexibility index (Phi) is 31.0. The average Bonchev–Trinajstić information content (AvgIpc) is 0.814. The summed E-state index contributed by atoms with van der Waals surface area (Å²) in [5, 5.41) is 59.5. The van der Waals surface area contributed by atoms with Crippen LogP contribution in [0.2, 0.25) is 0 Å². The van der Waals surface area contributed by atoms with E-state index < -0.39 is 0 Å². The maximum absolute atomic E-state index is 10.5. The Morgan fingerprint density at radius 2 is 0.620 bits per heavy atom. The molecule has 0 bridgehead atoms. The van der Waals surface area contributed by atoms with E-state index in [2.05, 4.69) is 270 Å². The second-order valence-electron chi connectivity index (χ2n) is 39.2. The summed E-state index contributed by atoms with van der Waals surface area (Å²) >= 11 is 0. The van der Waals surface area contributed by atoms with Crippen LogP contribution in [0.3, 0.4) is 0 Å². The molecule has 8 unspecified atom stereocenters. The van der Waals surface area contributed by atoms with Crippen molar-refractivity contribution >= 4 is 0 Å². The Bertz CT molecular complexity index is 2160. The van der Waals surface area contributed by atoms with Crippen molar-refractivity contribution in [3.05, 3.63) is 0 Å². The first-order chi connectivity index (χ1) is 40.7. The van der Waals surface area contributed by atoms with Crippen molar-refractivity contribution < 1.29 is 49.7 Å². The third-order valence-electron chi connectivity index (χ3n) is 23.4. The molecule has 552 valence electrons. The smallest absolute Gasteiger partial charge is 0.0678 e. The van der Waals surface area contributed by atoms with Gasteiger partial charge in [-0.25, -0.2) is 0 Å². The molecule has 5 heterocycles. The predicted molar refractivity (Wildman–Crippen MR) is 383 cm³/mol. The number of piperidine rings is 5. The molecule has 5 saturated heterocycles. The molecule has 15 nitrogen and oxygen atoms in total. The second kappa shape index (κ2) is 31.9. The van der Waals surface area contributed by atoms with Crippen molar-refractivity contribution in [2.24, 2.45) is 22.7 Å². The van der Waals surface area contributed by atoms with E-state index in [1.165, 1.54) is 10.1 Å². The number of nitrogens with zero attached hydrogens (tertiary/aromatic N) is 5. The van der Waals surface area contributed by atoms with Gasteiger partial charge < -0.3 is 49.7 Å². The first kappa shape index (κ1) is 89.4. The highest BCUT2D eigenvalue weighted by Gasteiger charge is 2.53. The molecule has 0 radical (unpaired) electrons. The van der Waals surface area contributed by atoms with E-state index in [0.29, 0.717) is 11.8 Å². The van der Waals surface area contributed by atoms with Crippen LogP contribution >= 0.6 is 0 Å². The van der Waals surface area contributed by atoms with Gasteiger partial charge in [-0.3, -0.25) is 0 Å². The van der Waals surface area contributed by atoms with E-state index in [1.54, 1.807) is 15.2 Å². The summed E-state index contributed by atoms with van der Waals surface area (Å²) in [6.07, 6.45) is 14.1. The van der Waals surface area contributed by atoms with Gasteiger partial charge in [0.25, 0.3) is 0 Å². The lowest BCUT2D eigenvalue weighted by Crippen LogP contribution is -2.62. The maximum atomic E-state index is 10.5. The van der Waals surface area contributed by atoms with E-state index in [-0.39, 0.29) is 126 Å². The molecule has 0 saturated carbocycles. The van der Waals surface area contributed by atoms with Crippen molar-refractivity contribution in [3.63, 3.8) is 0 Å². The van der Waals surface area contributed by atoms with Gasteiger partial charge >= 0.3 is 0 Å². The van der Waals surface area contributed by atoms with Gasteiger partial charge in [-0.2, -0.15) is 25.3 Å². The first-order valence-electron chi connectivity index (χ1n) is 36.5. The summed E-state index contributed by atoms with van der Waals surface area (Å²) in [7, 11) is 0. The quantitative estimate of drug-likeness (QED) is 0.0991. The fourth-order valence-electron chi connectivity index (χ4n) is 14.4. The van der Waals surface area contributed by atoms with Crippen LogP contribution in [-0.4, -0.2) is 166 Å². The fourth-order valence-corrected chi connectivity index (χ4v) is 14.4. The van der Waals surface area contributed by atoms with E-state index in [1.807, 2.05) is 0 Å². The number of ether oxygens (including phenoxy) is 5. The van der Waals surface area contributed by atoms with Gasteiger partial charge in [0.1, 0.15) is 0 Å². The third-order valence-corrected chi connectivity index (χ3v) is 23.4. The molecular weight excluding hydrogens is 1150 g/mol. The van der Waals surface area contributed by atoms with Crippen molar-refractivity contribution in [1.82, 2.24) is 25.3 Å². The van der Waals surface area contributed by atoms with Crippen molar-refractivity contribution in [3.8, 4) is 0 Å². The molecule has 5 rings (SSSR count). The third kappa shape index (κ3) is 24.3. The molecule has 5 fully saturated rings. The summed E-state index contributed by atoms with van der Waals surface area (Å²) in [6, 6.07) is 0. The number of hydroxylamine groups is 10. The molecule has 5 aliphatic rings. The summed E-state index contributed by atoms with van der Waals surface area (Å²) in [5.41, 5.74) is -2.32. The fraction of sp³-hybridized carbons (Fsp3) is 1.00. The second-order valence-corrected chi connectivity index (χ2v) is 39.2.